The maximum absolute atomic E-state index is 12.6. The van der Waals surface area contributed by atoms with E-state index in [1.807, 2.05) is 6.07 Å². The zero-order valence-electron chi connectivity index (χ0n) is 15.5. The molecule has 2 aliphatic rings. The van der Waals surface area contributed by atoms with E-state index in [1.54, 1.807) is 24.3 Å². The van der Waals surface area contributed by atoms with Gasteiger partial charge in [0.15, 0.2) is 6.10 Å². The molecule has 1 saturated heterocycles. The summed E-state index contributed by atoms with van der Waals surface area (Å²) in [5.41, 5.74) is 0.590. The van der Waals surface area contributed by atoms with Gasteiger partial charge in [-0.05, 0) is 38.8 Å². The summed E-state index contributed by atoms with van der Waals surface area (Å²) >= 11 is 0. The smallest absolute Gasteiger partial charge is 0.329 e. The van der Waals surface area contributed by atoms with Crippen LogP contribution in [0.15, 0.2) is 30.3 Å². The number of carbonyl (C=O) groups is 4. The second-order valence-corrected chi connectivity index (χ2v) is 7.15. The van der Waals surface area contributed by atoms with Crippen molar-refractivity contribution >= 4 is 29.4 Å². The molecule has 0 unspecified atom stereocenters. The van der Waals surface area contributed by atoms with Crippen LogP contribution >= 0.6 is 0 Å². The van der Waals surface area contributed by atoms with Crippen molar-refractivity contribution in [2.24, 2.45) is 11.8 Å². The second kappa shape index (κ2) is 7.90. The first kappa shape index (κ1) is 19.1. The lowest BCUT2D eigenvalue weighted by Crippen LogP contribution is -2.46. The molecule has 1 N–H and O–H groups in total. The van der Waals surface area contributed by atoms with Crippen molar-refractivity contribution in [1.29, 1.82) is 0 Å². The van der Waals surface area contributed by atoms with Crippen molar-refractivity contribution in [2.45, 2.75) is 51.7 Å². The van der Waals surface area contributed by atoms with Crippen LogP contribution in [0.25, 0.3) is 0 Å². The number of para-hydroxylation sites is 1. The number of anilines is 1. The molecule has 0 bridgehead atoms. The van der Waals surface area contributed by atoms with E-state index in [-0.39, 0.29) is 23.7 Å². The summed E-state index contributed by atoms with van der Waals surface area (Å²) < 4.78 is 5.21. The SMILES string of the molecule is C[C@H](OC(=O)[C@H](C)N1C(=O)[C@@H]2CCCC[C@H]2C1=O)C(=O)Nc1ccccc1. The van der Waals surface area contributed by atoms with Gasteiger partial charge in [-0.25, -0.2) is 4.79 Å². The number of carbonyl (C=O) groups excluding carboxylic acids is 4. The highest BCUT2D eigenvalue weighted by molar-refractivity contribution is 6.08. The number of fused-ring (bicyclic) bond motifs is 1. The normalized spacial score (nSPS) is 24.1. The summed E-state index contributed by atoms with van der Waals surface area (Å²) in [7, 11) is 0. The lowest BCUT2D eigenvalue weighted by atomic mass is 9.81. The van der Waals surface area contributed by atoms with Gasteiger partial charge in [-0.1, -0.05) is 31.0 Å². The molecule has 1 aromatic carbocycles. The van der Waals surface area contributed by atoms with Crippen LogP contribution in [0.1, 0.15) is 39.5 Å². The van der Waals surface area contributed by atoms with Crippen molar-refractivity contribution in [3.63, 3.8) is 0 Å². The van der Waals surface area contributed by atoms with Crippen molar-refractivity contribution in [3.8, 4) is 0 Å². The first-order chi connectivity index (χ1) is 12.9. The van der Waals surface area contributed by atoms with Gasteiger partial charge in [-0.3, -0.25) is 19.3 Å². The molecular formula is C20H24N2O5. The van der Waals surface area contributed by atoms with E-state index in [9.17, 15) is 19.2 Å². The Morgan fingerprint density at radius 3 is 2.15 bits per heavy atom. The van der Waals surface area contributed by atoms with Crippen LogP contribution in [0.2, 0.25) is 0 Å². The molecule has 2 fully saturated rings. The van der Waals surface area contributed by atoms with E-state index in [4.69, 9.17) is 4.74 Å². The fourth-order valence-corrected chi connectivity index (χ4v) is 3.77. The molecule has 4 atom stereocenters. The Morgan fingerprint density at radius 2 is 1.59 bits per heavy atom. The Balaban J connectivity index is 1.61. The van der Waals surface area contributed by atoms with Crippen LogP contribution in [-0.4, -0.2) is 40.7 Å². The highest BCUT2D eigenvalue weighted by Gasteiger charge is 2.51. The quantitative estimate of drug-likeness (QED) is 0.631. The summed E-state index contributed by atoms with van der Waals surface area (Å²) in [5.74, 6) is -2.47. The minimum Gasteiger partial charge on any atom is -0.451 e. The standard InChI is InChI=1S/C20H24N2O5/c1-12(22-18(24)15-10-6-7-11-16(15)19(22)25)20(26)27-13(2)17(23)21-14-8-4-3-5-9-14/h3-5,8-9,12-13,15-16H,6-7,10-11H2,1-2H3,(H,21,23)/t12-,13-,15+,16+/m0/s1. The van der Waals surface area contributed by atoms with Gasteiger partial charge in [0, 0.05) is 5.69 Å². The van der Waals surface area contributed by atoms with Crippen LogP contribution in [0.5, 0.6) is 0 Å². The molecule has 144 valence electrons. The summed E-state index contributed by atoms with van der Waals surface area (Å²) in [6, 6.07) is 7.78. The third-order valence-corrected chi connectivity index (χ3v) is 5.31. The lowest BCUT2D eigenvalue weighted by molar-refractivity contribution is -0.163. The van der Waals surface area contributed by atoms with Gasteiger partial charge in [0.25, 0.3) is 5.91 Å². The molecule has 7 heteroatoms. The van der Waals surface area contributed by atoms with Gasteiger partial charge in [0.05, 0.1) is 11.8 Å². The van der Waals surface area contributed by atoms with E-state index in [2.05, 4.69) is 5.32 Å². The van der Waals surface area contributed by atoms with Gasteiger partial charge in [0.2, 0.25) is 11.8 Å². The largest absolute Gasteiger partial charge is 0.451 e. The Labute approximate surface area is 158 Å². The number of amides is 3. The number of likely N-dealkylation sites (tertiary alicyclic amines) is 1. The molecule has 0 spiro atoms. The molecule has 0 radical (unpaired) electrons. The Hall–Kier alpha value is -2.70. The first-order valence-electron chi connectivity index (χ1n) is 9.33. The average molecular weight is 372 g/mol. The van der Waals surface area contributed by atoms with Crippen LogP contribution in [0.4, 0.5) is 5.69 Å². The van der Waals surface area contributed by atoms with E-state index in [0.29, 0.717) is 18.5 Å². The number of benzene rings is 1. The number of rotatable bonds is 5. The monoisotopic (exact) mass is 372 g/mol. The molecule has 1 aliphatic heterocycles. The van der Waals surface area contributed by atoms with Gasteiger partial charge in [-0.2, -0.15) is 0 Å². The van der Waals surface area contributed by atoms with E-state index < -0.39 is 24.0 Å². The molecular weight excluding hydrogens is 348 g/mol. The zero-order chi connectivity index (χ0) is 19.6. The van der Waals surface area contributed by atoms with Crippen molar-refractivity contribution in [2.75, 3.05) is 5.32 Å². The first-order valence-corrected chi connectivity index (χ1v) is 9.33. The van der Waals surface area contributed by atoms with Gasteiger partial charge >= 0.3 is 5.97 Å². The summed E-state index contributed by atoms with van der Waals surface area (Å²) in [6.45, 7) is 2.92. The molecule has 0 aromatic heterocycles. The number of esters is 1. The van der Waals surface area contributed by atoms with Crippen molar-refractivity contribution in [3.05, 3.63) is 30.3 Å². The van der Waals surface area contributed by atoms with Crippen LogP contribution in [0.3, 0.4) is 0 Å². The Bertz CT molecular complexity index is 724. The van der Waals surface area contributed by atoms with E-state index in [1.165, 1.54) is 13.8 Å². The van der Waals surface area contributed by atoms with Crippen LogP contribution in [0, 0.1) is 11.8 Å². The van der Waals surface area contributed by atoms with Crippen LogP contribution < -0.4 is 5.32 Å². The summed E-state index contributed by atoms with van der Waals surface area (Å²) in [5, 5.41) is 2.65. The third-order valence-electron chi connectivity index (χ3n) is 5.31. The molecule has 3 amide bonds. The van der Waals surface area contributed by atoms with Crippen molar-refractivity contribution in [1.82, 2.24) is 4.90 Å². The summed E-state index contributed by atoms with van der Waals surface area (Å²) in [6.07, 6.45) is 2.16. The average Bonchev–Trinajstić information content (AvgIpc) is 2.93. The van der Waals surface area contributed by atoms with Gasteiger partial charge in [-0.15, -0.1) is 0 Å². The van der Waals surface area contributed by atoms with Gasteiger partial charge < -0.3 is 10.1 Å². The Kier molecular flexibility index (Phi) is 5.58. The molecule has 1 aliphatic carbocycles. The third kappa shape index (κ3) is 3.86. The maximum atomic E-state index is 12.6. The molecule has 1 saturated carbocycles. The zero-order valence-corrected chi connectivity index (χ0v) is 15.5. The topological polar surface area (TPSA) is 92.8 Å². The lowest BCUT2D eigenvalue weighted by Gasteiger charge is -2.23. The number of hydrogen-bond acceptors (Lipinski definition) is 5. The minimum absolute atomic E-state index is 0.296. The molecule has 7 nitrogen and oxygen atoms in total. The maximum Gasteiger partial charge on any atom is 0.329 e. The number of ether oxygens (including phenoxy) is 1. The predicted octanol–water partition coefficient (Wildman–Crippen LogP) is 2.12. The summed E-state index contributed by atoms with van der Waals surface area (Å²) in [4.78, 5) is 50.8. The van der Waals surface area contributed by atoms with Crippen LogP contribution in [-0.2, 0) is 23.9 Å². The fourth-order valence-electron chi connectivity index (χ4n) is 3.77. The number of imide groups is 1. The number of nitrogens with one attached hydrogen (secondary N) is 1. The second-order valence-electron chi connectivity index (χ2n) is 7.15. The number of nitrogens with zero attached hydrogens (tertiary/aromatic N) is 1. The highest BCUT2D eigenvalue weighted by Crippen LogP contribution is 2.38. The minimum atomic E-state index is -1.05. The Morgan fingerprint density at radius 1 is 1.04 bits per heavy atom. The highest BCUT2D eigenvalue weighted by atomic mass is 16.5. The van der Waals surface area contributed by atoms with Gasteiger partial charge in [0.1, 0.15) is 6.04 Å². The van der Waals surface area contributed by atoms with E-state index >= 15 is 0 Å². The van der Waals surface area contributed by atoms with Crippen molar-refractivity contribution < 1.29 is 23.9 Å². The molecule has 1 heterocycles. The predicted molar refractivity (Wildman–Crippen MR) is 97.4 cm³/mol. The number of hydrogen-bond donors (Lipinski definition) is 1. The molecule has 27 heavy (non-hydrogen) atoms. The van der Waals surface area contributed by atoms with E-state index in [0.717, 1.165) is 17.7 Å². The fraction of sp³-hybridized carbons (Fsp3) is 0.500. The molecule has 1 aromatic rings. The molecule has 3 rings (SSSR count).